The van der Waals surface area contributed by atoms with Gasteiger partial charge in [0.1, 0.15) is 5.75 Å². The molecule has 3 nitrogen and oxygen atoms in total. The van der Waals surface area contributed by atoms with Gasteiger partial charge in [-0.15, -0.1) is 11.3 Å². The number of nitrogens with zero attached hydrogens (tertiary/aromatic N) is 2. The third kappa shape index (κ3) is 1.27. The molecule has 16 heavy (non-hydrogen) atoms. The Hall–Kier alpha value is -1.68. The molecule has 0 radical (unpaired) electrons. The Morgan fingerprint density at radius 2 is 2.00 bits per heavy atom. The van der Waals surface area contributed by atoms with Crippen molar-refractivity contribution in [2.24, 2.45) is 0 Å². The molecule has 0 unspecified atom stereocenters. The van der Waals surface area contributed by atoms with Crippen LogP contribution >= 0.6 is 11.3 Å². The van der Waals surface area contributed by atoms with Crippen molar-refractivity contribution in [1.82, 2.24) is 0 Å². The van der Waals surface area contributed by atoms with Gasteiger partial charge in [0.25, 0.3) is 0 Å². The topological polar surface area (TPSA) is 26.7 Å². The second kappa shape index (κ2) is 3.42. The monoisotopic (exact) mass is 232 g/mol. The van der Waals surface area contributed by atoms with E-state index in [2.05, 4.69) is 21.5 Å². The van der Waals surface area contributed by atoms with Gasteiger partial charge in [-0.05, 0) is 23.6 Å². The molecule has 0 aliphatic carbocycles. The van der Waals surface area contributed by atoms with Crippen molar-refractivity contribution in [2.75, 3.05) is 17.1 Å². The number of hydrogen-bond donors (Lipinski definition) is 1. The quantitative estimate of drug-likeness (QED) is 0.819. The fourth-order valence-corrected chi connectivity index (χ4v) is 2.92. The minimum Gasteiger partial charge on any atom is -0.506 e. The molecule has 2 heterocycles. The molecule has 1 N–H and O–H groups in total. The Kier molecular flexibility index (Phi) is 2.04. The summed E-state index contributed by atoms with van der Waals surface area (Å²) in [4.78, 5) is 1.34. The highest BCUT2D eigenvalue weighted by atomic mass is 32.1. The van der Waals surface area contributed by atoms with Crippen LogP contribution in [0.4, 0.5) is 11.4 Å². The van der Waals surface area contributed by atoms with Crippen LogP contribution in [-0.2, 0) is 6.54 Å². The summed E-state index contributed by atoms with van der Waals surface area (Å²) in [5.41, 5.74) is 2.08. The summed E-state index contributed by atoms with van der Waals surface area (Å²) in [6.45, 7) is 0.834. The van der Waals surface area contributed by atoms with E-state index in [1.54, 1.807) is 17.4 Å². The van der Waals surface area contributed by atoms with Gasteiger partial charge in [0.2, 0.25) is 0 Å². The number of benzene rings is 1. The lowest BCUT2D eigenvalue weighted by Gasteiger charge is -2.28. The second-order valence-electron chi connectivity index (χ2n) is 3.80. The van der Waals surface area contributed by atoms with Gasteiger partial charge in [0, 0.05) is 7.05 Å². The zero-order chi connectivity index (χ0) is 11.1. The summed E-state index contributed by atoms with van der Waals surface area (Å²) in [7, 11) is 2.02. The zero-order valence-electron chi connectivity index (χ0n) is 8.92. The van der Waals surface area contributed by atoms with E-state index in [1.807, 2.05) is 25.2 Å². The number of hydrogen-bond acceptors (Lipinski definition) is 4. The molecule has 0 atom stereocenters. The van der Waals surface area contributed by atoms with Crippen LogP contribution in [0.25, 0.3) is 0 Å². The Labute approximate surface area is 98.1 Å². The summed E-state index contributed by atoms with van der Waals surface area (Å²) in [6, 6.07) is 9.54. The van der Waals surface area contributed by atoms with Crippen molar-refractivity contribution >= 4 is 22.7 Å². The number of phenolic OH excluding ortho intramolecular Hbond substituents is 1. The van der Waals surface area contributed by atoms with Gasteiger partial charge >= 0.3 is 0 Å². The summed E-state index contributed by atoms with van der Waals surface area (Å²) in [5.74, 6) is 0.324. The molecular weight excluding hydrogens is 220 g/mol. The molecule has 82 valence electrons. The van der Waals surface area contributed by atoms with Gasteiger partial charge in [0.05, 0.1) is 22.8 Å². The minimum absolute atomic E-state index is 0.324. The van der Waals surface area contributed by atoms with Gasteiger partial charge in [-0.3, -0.25) is 10.0 Å². The maximum absolute atomic E-state index is 9.84. The number of aromatic hydroxyl groups is 1. The van der Waals surface area contributed by atoms with Crippen LogP contribution in [-0.4, -0.2) is 12.2 Å². The Morgan fingerprint density at radius 3 is 2.75 bits per heavy atom. The summed E-state index contributed by atoms with van der Waals surface area (Å²) in [6.07, 6.45) is 0. The van der Waals surface area contributed by atoms with Crippen molar-refractivity contribution in [3.05, 3.63) is 40.6 Å². The van der Waals surface area contributed by atoms with Gasteiger partial charge < -0.3 is 5.11 Å². The predicted molar refractivity (Wildman–Crippen MR) is 67.0 cm³/mol. The first-order valence-corrected chi connectivity index (χ1v) is 6.01. The van der Waals surface area contributed by atoms with Crippen molar-refractivity contribution in [1.29, 1.82) is 0 Å². The lowest BCUT2D eigenvalue weighted by molar-refractivity contribution is 0.474. The van der Waals surface area contributed by atoms with E-state index >= 15 is 0 Å². The normalized spacial score (nSPS) is 14.3. The molecule has 0 saturated carbocycles. The van der Waals surface area contributed by atoms with E-state index in [4.69, 9.17) is 0 Å². The Balaban J connectivity index is 2.00. The van der Waals surface area contributed by atoms with E-state index in [9.17, 15) is 5.11 Å². The number of rotatable bonds is 1. The van der Waals surface area contributed by atoms with Crippen molar-refractivity contribution in [3.8, 4) is 5.75 Å². The molecule has 3 rings (SSSR count). The third-order valence-electron chi connectivity index (χ3n) is 2.89. The number of thiophene rings is 1. The SMILES string of the molecule is CN1c2ccsc2CN1c1ccccc1O. The maximum Gasteiger partial charge on any atom is 0.140 e. The molecule has 0 fully saturated rings. The van der Waals surface area contributed by atoms with Crippen LogP contribution in [0.3, 0.4) is 0 Å². The molecule has 1 aliphatic heterocycles. The Bertz CT molecular complexity index is 523. The van der Waals surface area contributed by atoms with E-state index in [-0.39, 0.29) is 0 Å². The lowest BCUT2D eigenvalue weighted by atomic mass is 10.3. The van der Waals surface area contributed by atoms with E-state index < -0.39 is 0 Å². The molecule has 1 aromatic heterocycles. The number of phenols is 1. The molecule has 0 saturated heterocycles. The highest BCUT2D eigenvalue weighted by Crippen LogP contribution is 2.39. The first kappa shape index (κ1) is 9.54. The number of anilines is 2. The average molecular weight is 232 g/mol. The van der Waals surface area contributed by atoms with Gasteiger partial charge in [-0.1, -0.05) is 12.1 Å². The van der Waals surface area contributed by atoms with Crippen molar-refractivity contribution in [3.63, 3.8) is 0 Å². The van der Waals surface area contributed by atoms with Crippen LogP contribution in [0, 0.1) is 0 Å². The highest BCUT2D eigenvalue weighted by Gasteiger charge is 2.26. The number of hydrazine groups is 1. The van der Waals surface area contributed by atoms with Crippen LogP contribution in [0.5, 0.6) is 5.75 Å². The summed E-state index contributed by atoms with van der Waals surface area (Å²) < 4.78 is 0. The Morgan fingerprint density at radius 1 is 1.19 bits per heavy atom. The van der Waals surface area contributed by atoms with Gasteiger partial charge in [-0.25, -0.2) is 0 Å². The molecule has 0 bridgehead atoms. The van der Waals surface area contributed by atoms with Crippen LogP contribution in [0.1, 0.15) is 4.88 Å². The first-order chi connectivity index (χ1) is 7.77. The van der Waals surface area contributed by atoms with E-state index in [0.29, 0.717) is 5.75 Å². The largest absolute Gasteiger partial charge is 0.506 e. The molecule has 0 amide bonds. The summed E-state index contributed by atoms with van der Waals surface area (Å²) >= 11 is 1.76. The molecule has 4 heteroatoms. The molecular formula is C12H12N2OS. The zero-order valence-corrected chi connectivity index (χ0v) is 9.74. The molecule has 2 aromatic rings. The van der Waals surface area contributed by atoms with E-state index in [1.165, 1.54) is 10.6 Å². The third-order valence-corrected chi connectivity index (χ3v) is 3.78. The highest BCUT2D eigenvalue weighted by molar-refractivity contribution is 7.10. The second-order valence-corrected chi connectivity index (χ2v) is 4.80. The van der Waals surface area contributed by atoms with Crippen LogP contribution < -0.4 is 10.0 Å². The van der Waals surface area contributed by atoms with Gasteiger partial charge in [-0.2, -0.15) is 0 Å². The maximum atomic E-state index is 9.84. The molecule has 0 spiro atoms. The average Bonchev–Trinajstić information content (AvgIpc) is 2.83. The minimum atomic E-state index is 0.324. The van der Waals surface area contributed by atoms with Crippen molar-refractivity contribution < 1.29 is 5.11 Å². The summed E-state index contributed by atoms with van der Waals surface area (Å²) in [5, 5.41) is 16.1. The van der Waals surface area contributed by atoms with Crippen LogP contribution in [0.2, 0.25) is 0 Å². The number of fused-ring (bicyclic) bond motifs is 1. The number of para-hydroxylation sites is 2. The first-order valence-electron chi connectivity index (χ1n) is 5.13. The van der Waals surface area contributed by atoms with E-state index in [0.717, 1.165) is 12.2 Å². The smallest absolute Gasteiger partial charge is 0.140 e. The fraction of sp³-hybridized carbons (Fsp3) is 0.167. The standard InChI is InChI=1S/C12H12N2OS/c1-13-10-6-7-16-12(10)8-14(13)9-4-2-3-5-11(9)15/h2-7,15H,8H2,1H3. The van der Waals surface area contributed by atoms with Crippen molar-refractivity contribution in [2.45, 2.75) is 6.54 Å². The van der Waals surface area contributed by atoms with Gasteiger partial charge in [0.15, 0.2) is 0 Å². The lowest BCUT2D eigenvalue weighted by Crippen LogP contribution is -2.34. The predicted octanol–water partition coefficient (Wildman–Crippen LogP) is 2.83. The molecule has 1 aromatic carbocycles. The van der Waals surface area contributed by atoms with Crippen LogP contribution in [0.15, 0.2) is 35.7 Å². The fourth-order valence-electron chi connectivity index (χ4n) is 2.04. The molecule has 1 aliphatic rings.